The van der Waals surface area contributed by atoms with Crippen LogP contribution >= 0.6 is 0 Å². The van der Waals surface area contributed by atoms with E-state index >= 15 is 0 Å². The third-order valence-electron chi connectivity index (χ3n) is 3.04. The number of carboxylic acid groups (broad SMARTS) is 1. The smallest absolute Gasteiger partial charge is 0.407 e. The van der Waals surface area contributed by atoms with Gasteiger partial charge >= 0.3 is 12.1 Å². The molecule has 0 unspecified atom stereocenters. The van der Waals surface area contributed by atoms with E-state index in [0.717, 1.165) is 0 Å². The van der Waals surface area contributed by atoms with E-state index < -0.39 is 18.1 Å². The van der Waals surface area contributed by atoms with Crippen molar-refractivity contribution in [2.45, 2.75) is 31.9 Å². The Morgan fingerprint density at radius 3 is 2.83 bits per heavy atom. The van der Waals surface area contributed by atoms with Crippen LogP contribution in [0.5, 0.6) is 0 Å². The average molecular weight is 322 g/mol. The molecule has 23 heavy (non-hydrogen) atoms. The quantitative estimate of drug-likeness (QED) is 0.309. The summed E-state index contributed by atoms with van der Waals surface area (Å²) in [6, 6.07) is 6.04. The Balaban J connectivity index is 2.25. The second-order valence-corrected chi connectivity index (χ2v) is 4.77. The molecular formula is C14H20N5O4+. The molecule has 1 aromatic carbocycles. The molecular weight excluding hydrogens is 302 g/mol. The maximum Gasteiger partial charge on any atom is 0.407 e. The Kier molecular flexibility index (Phi) is 7.98. The van der Waals surface area contributed by atoms with Crippen molar-refractivity contribution in [2.24, 2.45) is 10.8 Å². The molecule has 0 aliphatic heterocycles. The van der Waals surface area contributed by atoms with Crippen LogP contribution in [0.3, 0.4) is 0 Å². The number of alkyl carbamates (subject to hydrolysis) is 1. The lowest BCUT2D eigenvalue weighted by atomic mass is 10.1. The summed E-state index contributed by atoms with van der Waals surface area (Å²) in [6.07, 6.45) is 0.989. The molecule has 9 heteroatoms. The SMILES string of the molecule is N=[N+]=Nc1ccccc1COC(=O)NCCCC[C@H](N)C(=O)O. The van der Waals surface area contributed by atoms with E-state index in [2.05, 4.69) is 15.3 Å². The van der Waals surface area contributed by atoms with Crippen LogP contribution in [0.15, 0.2) is 29.4 Å². The normalized spacial score (nSPS) is 11.2. The van der Waals surface area contributed by atoms with Crippen molar-refractivity contribution in [3.8, 4) is 0 Å². The predicted molar refractivity (Wildman–Crippen MR) is 81.0 cm³/mol. The van der Waals surface area contributed by atoms with E-state index in [-0.39, 0.29) is 6.61 Å². The van der Waals surface area contributed by atoms with Crippen molar-refractivity contribution in [3.05, 3.63) is 29.8 Å². The van der Waals surface area contributed by atoms with Gasteiger partial charge in [0.05, 0.1) is 0 Å². The number of carboxylic acids is 1. The van der Waals surface area contributed by atoms with E-state index in [1.54, 1.807) is 24.3 Å². The van der Waals surface area contributed by atoms with Crippen LogP contribution in [0.2, 0.25) is 0 Å². The van der Waals surface area contributed by atoms with Gasteiger partial charge in [0.2, 0.25) is 4.91 Å². The Bertz CT molecular complexity index is 586. The Labute approximate surface area is 133 Å². The molecule has 0 bridgehead atoms. The van der Waals surface area contributed by atoms with Gasteiger partial charge in [-0.05, 0) is 25.3 Å². The molecule has 0 saturated carbocycles. The van der Waals surface area contributed by atoms with Gasteiger partial charge in [-0.3, -0.25) is 4.79 Å². The van der Waals surface area contributed by atoms with Crippen LogP contribution < -0.4 is 16.0 Å². The highest BCUT2D eigenvalue weighted by Crippen LogP contribution is 2.18. The van der Waals surface area contributed by atoms with Gasteiger partial charge in [-0.15, -0.1) is 0 Å². The highest BCUT2D eigenvalue weighted by Gasteiger charge is 2.11. The second kappa shape index (κ2) is 10.0. The molecule has 1 rings (SSSR count). The van der Waals surface area contributed by atoms with Gasteiger partial charge in [0.25, 0.3) is 0 Å². The van der Waals surface area contributed by atoms with Gasteiger partial charge in [-0.2, -0.15) is 0 Å². The highest BCUT2D eigenvalue weighted by atomic mass is 16.5. The van der Waals surface area contributed by atoms with Crippen LogP contribution in [-0.2, 0) is 16.1 Å². The number of benzene rings is 1. The zero-order valence-corrected chi connectivity index (χ0v) is 12.6. The fraction of sp³-hybridized carbons (Fsp3) is 0.429. The number of amides is 1. The molecule has 0 aliphatic carbocycles. The summed E-state index contributed by atoms with van der Waals surface area (Å²) in [7, 11) is 0. The Morgan fingerprint density at radius 1 is 1.39 bits per heavy atom. The van der Waals surface area contributed by atoms with Gasteiger partial charge in [-0.25, -0.2) is 4.79 Å². The number of nitrogens with zero attached hydrogens (tertiary/aromatic N) is 2. The first-order valence-electron chi connectivity index (χ1n) is 7.09. The predicted octanol–water partition coefficient (Wildman–Crippen LogP) is 1.68. The van der Waals surface area contributed by atoms with E-state index in [1.807, 2.05) is 0 Å². The number of ether oxygens (including phenoxy) is 1. The van der Waals surface area contributed by atoms with Crippen molar-refractivity contribution in [1.82, 2.24) is 10.2 Å². The number of unbranched alkanes of at least 4 members (excludes halogenated alkanes) is 1. The molecule has 1 aromatic rings. The molecule has 0 aliphatic rings. The summed E-state index contributed by atoms with van der Waals surface area (Å²) in [4.78, 5) is 25.0. The van der Waals surface area contributed by atoms with Crippen LogP contribution in [0.25, 0.3) is 0 Å². The van der Waals surface area contributed by atoms with Crippen molar-refractivity contribution in [3.63, 3.8) is 0 Å². The van der Waals surface area contributed by atoms with E-state index in [0.29, 0.717) is 37.1 Å². The van der Waals surface area contributed by atoms with E-state index in [4.69, 9.17) is 21.1 Å². The maximum absolute atomic E-state index is 11.5. The molecule has 1 amide bonds. The first-order valence-corrected chi connectivity index (χ1v) is 7.09. The van der Waals surface area contributed by atoms with E-state index in [1.165, 1.54) is 0 Å². The molecule has 1 atom stereocenters. The molecule has 0 fully saturated rings. The largest absolute Gasteiger partial charge is 0.480 e. The fourth-order valence-electron chi connectivity index (χ4n) is 1.78. The number of nitrogens with one attached hydrogen (secondary N) is 2. The van der Waals surface area contributed by atoms with Crippen LogP contribution in [-0.4, -0.2) is 29.8 Å². The van der Waals surface area contributed by atoms with Crippen molar-refractivity contribution < 1.29 is 19.4 Å². The summed E-state index contributed by atoms with van der Waals surface area (Å²) in [5, 5.41) is 14.8. The topological polar surface area (TPSA) is 152 Å². The molecule has 0 spiro atoms. The summed E-state index contributed by atoms with van der Waals surface area (Å²) in [6.45, 7) is 0.393. The molecule has 0 saturated heterocycles. The molecule has 9 nitrogen and oxygen atoms in total. The second-order valence-electron chi connectivity index (χ2n) is 4.77. The van der Waals surface area contributed by atoms with Gasteiger partial charge in [0.15, 0.2) is 10.8 Å². The van der Waals surface area contributed by atoms with Crippen LogP contribution in [0, 0.1) is 5.53 Å². The van der Waals surface area contributed by atoms with Crippen LogP contribution in [0.1, 0.15) is 24.8 Å². The Morgan fingerprint density at radius 2 is 2.13 bits per heavy atom. The van der Waals surface area contributed by atoms with Gasteiger partial charge in [0.1, 0.15) is 18.2 Å². The maximum atomic E-state index is 11.5. The van der Waals surface area contributed by atoms with Gasteiger partial charge < -0.3 is 20.9 Å². The number of nitrogens with two attached hydrogens (primary N) is 1. The number of rotatable bonds is 9. The zero-order chi connectivity index (χ0) is 17.1. The number of hydrogen-bond donors (Lipinski definition) is 4. The molecule has 0 aromatic heterocycles. The number of hydrogen-bond acceptors (Lipinski definition) is 6. The summed E-state index contributed by atoms with van der Waals surface area (Å²) in [5.41, 5.74) is 13.2. The number of aliphatic carboxylic acids is 1. The lowest BCUT2D eigenvalue weighted by Crippen LogP contribution is -2.30. The van der Waals surface area contributed by atoms with Crippen molar-refractivity contribution in [1.29, 1.82) is 5.53 Å². The van der Waals surface area contributed by atoms with E-state index in [9.17, 15) is 9.59 Å². The minimum absolute atomic E-state index is 0.0188. The van der Waals surface area contributed by atoms with Crippen molar-refractivity contribution >= 4 is 17.7 Å². The fourth-order valence-corrected chi connectivity index (χ4v) is 1.78. The number of carbonyl (C=O) groups excluding carboxylic acids is 1. The van der Waals surface area contributed by atoms with Gasteiger partial charge in [0, 0.05) is 12.1 Å². The third-order valence-corrected chi connectivity index (χ3v) is 3.04. The molecule has 0 radical (unpaired) electrons. The first-order chi connectivity index (χ1) is 11.0. The summed E-state index contributed by atoms with van der Waals surface area (Å²) >= 11 is 0. The standard InChI is InChI=1S/C14H19N5O4/c15-11(13(20)21)6-3-4-8-17-14(22)23-9-10-5-1-2-7-12(10)18-19-16/h1-2,5,7,11,16H,3-4,6,8-9,15H2,(H-,17,20,21,22)/p+1/t11-/m0/s1. The third kappa shape index (κ3) is 7.16. The first kappa shape index (κ1) is 18.3. The minimum Gasteiger partial charge on any atom is -0.480 e. The number of carbonyl (C=O) groups is 2. The summed E-state index contributed by atoms with van der Waals surface area (Å²) in [5.74, 6) is -1.03. The monoisotopic (exact) mass is 322 g/mol. The molecule has 5 N–H and O–H groups in total. The average Bonchev–Trinajstić information content (AvgIpc) is 2.53. The van der Waals surface area contributed by atoms with Crippen LogP contribution in [0.4, 0.5) is 10.5 Å². The zero-order valence-electron chi connectivity index (χ0n) is 12.6. The lowest BCUT2D eigenvalue weighted by Gasteiger charge is -2.08. The molecule has 0 heterocycles. The van der Waals surface area contributed by atoms with Crippen molar-refractivity contribution in [2.75, 3.05) is 6.54 Å². The molecule has 124 valence electrons. The summed E-state index contributed by atoms with van der Waals surface area (Å²) < 4.78 is 5.05. The minimum atomic E-state index is -1.03. The van der Waals surface area contributed by atoms with Gasteiger partial charge in [-0.1, -0.05) is 18.2 Å². The lowest BCUT2D eigenvalue weighted by molar-refractivity contribution is -0.138. The highest BCUT2D eigenvalue weighted by molar-refractivity contribution is 5.72. The Hall–Kier alpha value is -2.77.